The molecule has 2 heterocycles. The van der Waals surface area contributed by atoms with Crippen LogP contribution in [0.25, 0.3) is 10.9 Å². The second-order valence-corrected chi connectivity index (χ2v) is 14.4. The number of amides is 7. The van der Waals surface area contributed by atoms with E-state index in [9.17, 15) is 63.6 Å². The van der Waals surface area contributed by atoms with Gasteiger partial charge in [0, 0.05) is 36.5 Å². The first-order valence-corrected chi connectivity index (χ1v) is 19.1. The third kappa shape index (κ3) is 12.9. The Balaban J connectivity index is 1.80. The number of aliphatic carboxylic acids is 2. The molecular weight excluding hydrogens is 794 g/mol. The number of rotatable bonds is 23. The minimum Gasteiger partial charge on any atom is -0.481 e. The van der Waals surface area contributed by atoms with Gasteiger partial charge in [-0.15, -0.1) is 0 Å². The monoisotopic (exact) mass is 847 g/mol. The number of carbonyl (C=O) groups excluding carboxylic acids is 7. The van der Waals surface area contributed by atoms with E-state index in [-0.39, 0.29) is 32.2 Å². The van der Waals surface area contributed by atoms with Gasteiger partial charge in [0.2, 0.25) is 41.4 Å². The van der Waals surface area contributed by atoms with Crippen LogP contribution in [-0.2, 0) is 49.6 Å². The number of primary amides is 1. The molecule has 3 rings (SSSR count). The van der Waals surface area contributed by atoms with Crippen molar-refractivity contribution in [3.05, 3.63) is 36.0 Å². The van der Waals surface area contributed by atoms with Crippen LogP contribution in [-0.4, -0.2) is 157 Å². The molecule has 23 nitrogen and oxygen atoms in total. The van der Waals surface area contributed by atoms with E-state index >= 15 is 0 Å². The molecule has 15 N–H and O–H groups in total. The van der Waals surface area contributed by atoms with Gasteiger partial charge in [-0.25, -0.2) is 4.79 Å². The fourth-order valence-electron chi connectivity index (χ4n) is 6.49. The number of para-hydroxylation sites is 1. The molecule has 7 amide bonds. The lowest BCUT2D eigenvalue weighted by Crippen LogP contribution is -2.62. The second-order valence-electron chi connectivity index (χ2n) is 14.4. The van der Waals surface area contributed by atoms with Crippen LogP contribution in [0.3, 0.4) is 0 Å². The zero-order valence-corrected chi connectivity index (χ0v) is 33.0. The number of aromatic nitrogens is 1. The molecule has 23 heteroatoms. The van der Waals surface area contributed by atoms with Crippen molar-refractivity contribution in [2.75, 3.05) is 19.8 Å². The molecule has 60 heavy (non-hydrogen) atoms. The Morgan fingerprint density at radius 1 is 0.850 bits per heavy atom. The van der Waals surface area contributed by atoms with E-state index in [2.05, 4.69) is 31.6 Å². The summed E-state index contributed by atoms with van der Waals surface area (Å²) in [5.41, 5.74) is 12.4. The smallest absolute Gasteiger partial charge is 0.328 e. The molecule has 1 aliphatic heterocycles. The van der Waals surface area contributed by atoms with Crippen LogP contribution in [0.4, 0.5) is 0 Å². The highest BCUT2D eigenvalue weighted by atomic mass is 16.4. The van der Waals surface area contributed by atoms with Crippen LogP contribution >= 0.6 is 0 Å². The Morgan fingerprint density at radius 2 is 1.45 bits per heavy atom. The molecule has 0 spiro atoms. The van der Waals surface area contributed by atoms with Crippen LogP contribution in [0, 0.1) is 5.92 Å². The van der Waals surface area contributed by atoms with Crippen molar-refractivity contribution in [2.45, 2.75) is 101 Å². The van der Waals surface area contributed by atoms with Gasteiger partial charge in [0.25, 0.3) is 0 Å². The van der Waals surface area contributed by atoms with Crippen LogP contribution in [0.5, 0.6) is 0 Å². The van der Waals surface area contributed by atoms with Crippen LogP contribution in [0.1, 0.15) is 51.5 Å². The molecule has 0 aliphatic carbocycles. The predicted octanol–water partition coefficient (Wildman–Crippen LogP) is -4.72. The van der Waals surface area contributed by atoms with Crippen LogP contribution < -0.4 is 38.1 Å². The van der Waals surface area contributed by atoms with Gasteiger partial charge in [-0.05, 0) is 30.4 Å². The molecular formula is C37H53N9O14. The fourth-order valence-corrected chi connectivity index (χ4v) is 6.49. The van der Waals surface area contributed by atoms with Crippen LogP contribution in [0.15, 0.2) is 30.5 Å². The summed E-state index contributed by atoms with van der Waals surface area (Å²) in [6.45, 7) is 1.10. The quantitative estimate of drug-likeness (QED) is 0.0500. The lowest BCUT2D eigenvalue weighted by Gasteiger charge is -2.30. The molecule has 330 valence electrons. The van der Waals surface area contributed by atoms with Crippen molar-refractivity contribution < 1.29 is 68.7 Å². The van der Waals surface area contributed by atoms with E-state index in [1.807, 2.05) is 0 Å². The Hall–Kier alpha value is -6.17. The number of fused-ring (bicyclic) bond motifs is 1. The van der Waals surface area contributed by atoms with E-state index in [4.69, 9.17) is 16.6 Å². The molecule has 1 aromatic carbocycles. The molecule has 9 atom stereocenters. The van der Waals surface area contributed by atoms with Crippen molar-refractivity contribution in [2.24, 2.45) is 17.4 Å². The molecule has 1 saturated heterocycles. The summed E-state index contributed by atoms with van der Waals surface area (Å²) in [6.07, 6.45) is -1.38. The Morgan fingerprint density at radius 3 is 2.05 bits per heavy atom. The maximum Gasteiger partial charge on any atom is 0.328 e. The average molecular weight is 848 g/mol. The molecule has 1 fully saturated rings. The van der Waals surface area contributed by atoms with E-state index in [1.54, 1.807) is 44.3 Å². The number of benzene rings is 1. The van der Waals surface area contributed by atoms with E-state index in [0.717, 1.165) is 4.90 Å². The molecule has 1 aromatic heterocycles. The minimum absolute atomic E-state index is 0.0835. The number of carboxylic acids is 2. The molecule has 0 unspecified atom stereocenters. The lowest BCUT2D eigenvalue weighted by molar-refractivity contribution is -0.143. The number of nitrogens with zero attached hydrogens (tertiary/aromatic N) is 1. The lowest BCUT2D eigenvalue weighted by atomic mass is 9.96. The average Bonchev–Trinajstić information content (AvgIpc) is 3.80. The number of hydrogen-bond donors (Lipinski definition) is 13. The molecule has 1 aliphatic rings. The Kier molecular flexibility index (Phi) is 17.9. The standard InChI is InChI=1S/C37H53N9O14/c1-3-17(2)29(34(56)41-22(31(53)44-25(16-48)37(59)60)12-18-14-40-21-7-5-4-6-19(18)21)45-33(55)24(15-47)43-32(54)23(13-27(39)50)42-35(57)30-26(49)10-11-46(30)36(58)20(38)8-9-28(51)52/h4-7,14,17,20,22-26,29-30,40,47-49H,3,8-13,15-16,38H2,1-2H3,(H2,39,50)(H,41,56)(H,42,57)(H,43,54)(H,44,53)(H,45,55)(H,51,52)(H,59,60)/t17-,20-,22-,23-,24-,25-,26-,29-,30-/m0/s1. The molecule has 0 saturated carbocycles. The maximum atomic E-state index is 13.9. The summed E-state index contributed by atoms with van der Waals surface area (Å²) in [6, 6.07) is -4.09. The van der Waals surface area contributed by atoms with Gasteiger partial charge in [-0.3, -0.25) is 38.4 Å². The van der Waals surface area contributed by atoms with Gasteiger partial charge >= 0.3 is 11.9 Å². The zero-order chi connectivity index (χ0) is 44.8. The Labute approximate surface area is 343 Å². The number of nitrogens with one attached hydrogen (secondary N) is 6. The predicted molar refractivity (Wildman–Crippen MR) is 208 cm³/mol. The number of nitrogens with two attached hydrogens (primary N) is 2. The van der Waals surface area contributed by atoms with Gasteiger partial charge in [-0.1, -0.05) is 38.5 Å². The number of aromatic amines is 1. The van der Waals surface area contributed by atoms with Crippen molar-refractivity contribution in [3.63, 3.8) is 0 Å². The van der Waals surface area contributed by atoms with Crippen molar-refractivity contribution in [1.82, 2.24) is 36.5 Å². The summed E-state index contributed by atoms with van der Waals surface area (Å²) in [5, 5.41) is 60.9. The summed E-state index contributed by atoms with van der Waals surface area (Å²) >= 11 is 0. The first-order chi connectivity index (χ1) is 28.3. The maximum absolute atomic E-state index is 13.9. The highest BCUT2D eigenvalue weighted by Crippen LogP contribution is 2.22. The first-order valence-electron chi connectivity index (χ1n) is 19.1. The van der Waals surface area contributed by atoms with Crippen molar-refractivity contribution in [1.29, 1.82) is 0 Å². The van der Waals surface area contributed by atoms with Crippen molar-refractivity contribution >= 4 is 64.2 Å². The number of carbonyl (C=O) groups is 9. The summed E-state index contributed by atoms with van der Waals surface area (Å²) in [7, 11) is 0. The van der Waals surface area contributed by atoms with Gasteiger partial charge in [-0.2, -0.15) is 0 Å². The van der Waals surface area contributed by atoms with Gasteiger partial charge < -0.3 is 73.5 Å². The summed E-state index contributed by atoms with van der Waals surface area (Å²) in [4.78, 5) is 119. The number of aliphatic hydroxyl groups excluding tert-OH is 3. The summed E-state index contributed by atoms with van der Waals surface area (Å²) in [5.74, 6) is -10.7. The molecule has 2 aromatic rings. The van der Waals surface area contributed by atoms with Gasteiger partial charge in [0.15, 0.2) is 0 Å². The highest BCUT2D eigenvalue weighted by Gasteiger charge is 2.44. The SMILES string of the molecule is CC[C@H](C)[C@H](NC(=O)[C@H](CO)NC(=O)[C@H](CC(N)=O)NC(=O)[C@@H]1[C@@H](O)CCN1C(=O)[C@@H](N)CCC(=O)O)C(=O)N[C@@H](Cc1c[nH]c2ccccc12)C(=O)N[C@@H](CO)C(=O)O. The van der Waals surface area contributed by atoms with Crippen molar-refractivity contribution in [3.8, 4) is 0 Å². The number of hydrogen-bond acceptors (Lipinski definition) is 13. The minimum atomic E-state index is -1.81. The number of aliphatic hydroxyl groups is 3. The second kappa shape index (κ2) is 22.3. The van der Waals surface area contributed by atoms with E-state index in [0.29, 0.717) is 16.5 Å². The van der Waals surface area contributed by atoms with E-state index < -0.39 is 134 Å². The largest absolute Gasteiger partial charge is 0.481 e. The van der Waals surface area contributed by atoms with Gasteiger partial charge in [0.05, 0.1) is 31.8 Å². The number of H-pyrrole nitrogens is 1. The molecule has 0 radical (unpaired) electrons. The normalized spacial score (nSPS) is 18.5. The zero-order valence-electron chi connectivity index (χ0n) is 33.0. The topological polar surface area (TPSA) is 386 Å². The number of likely N-dealkylation sites (tertiary alicyclic amines) is 1. The van der Waals surface area contributed by atoms with E-state index in [1.165, 1.54) is 0 Å². The third-order valence-corrected chi connectivity index (χ3v) is 10.1. The number of carboxylic acid groups (broad SMARTS) is 2. The summed E-state index contributed by atoms with van der Waals surface area (Å²) < 4.78 is 0. The first kappa shape index (κ1) is 48.2. The van der Waals surface area contributed by atoms with Gasteiger partial charge in [0.1, 0.15) is 36.3 Å². The third-order valence-electron chi connectivity index (χ3n) is 10.1. The molecule has 0 bridgehead atoms. The highest BCUT2D eigenvalue weighted by molar-refractivity contribution is 5.99. The fraction of sp³-hybridized carbons (Fsp3) is 0.541. The van der Waals surface area contributed by atoms with Crippen LogP contribution in [0.2, 0.25) is 0 Å². The Bertz CT molecular complexity index is 1910.